The highest BCUT2D eigenvalue weighted by Crippen LogP contribution is 2.22. The summed E-state index contributed by atoms with van der Waals surface area (Å²) in [6.45, 7) is 3.38. The number of hydrogen-bond acceptors (Lipinski definition) is 5. The number of carbonyl (C=O) groups is 3. The van der Waals surface area contributed by atoms with E-state index in [9.17, 15) is 19.5 Å². The summed E-state index contributed by atoms with van der Waals surface area (Å²) in [5.74, 6) is -2.19. The zero-order valence-corrected chi connectivity index (χ0v) is 18.0. The molecule has 1 aromatic heterocycles. The number of urea groups is 1. The molecule has 3 aromatic rings. The smallest absolute Gasteiger partial charge is 0.326 e. The normalized spacial score (nSPS) is 11.6. The second-order valence-corrected chi connectivity index (χ2v) is 7.71. The van der Waals surface area contributed by atoms with E-state index in [2.05, 4.69) is 21.1 Å². The summed E-state index contributed by atoms with van der Waals surface area (Å²) in [5.41, 5.74) is 2.18. The van der Waals surface area contributed by atoms with Gasteiger partial charge in [0.25, 0.3) is 5.91 Å². The maximum atomic E-state index is 12.3. The maximum Gasteiger partial charge on any atom is 0.326 e. The Morgan fingerprint density at radius 2 is 1.53 bits per heavy atom. The van der Waals surface area contributed by atoms with E-state index in [-0.39, 0.29) is 11.7 Å². The van der Waals surface area contributed by atoms with Crippen molar-refractivity contribution in [2.75, 3.05) is 10.6 Å². The Morgan fingerprint density at radius 1 is 0.969 bits per heavy atom. The molecule has 2 aromatic carbocycles. The van der Waals surface area contributed by atoms with E-state index < -0.39 is 23.9 Å². The van der Waals surface area contributed by atoms with Gasteiger partial charge in [0.05, 0.1) is 0 Å². The zero-order chi connectivity index (χ0) is 23.3. The highest BCUT2D eigenvalue weighted by molar-refractivity contribution is 6.30. The van der Waals surface area contributed by atoms with Gasteiger partial charge in [0, 0.05) is 28.0 Å². The van der Waals surface area contributed by atoms with Gasteiger partial charge < -0.3 is 25.6 Å². The Labute approximate surface area is 188 Å². The van der Waals surface area contributed by atoms with Crippen LogP contribution in [-0.4, -0.2) is 34.2 Å². The molecule has 0 unspecified atom stereocenters. The molecular formula is C22H21ClN4O5. The summed E-state index contributed by atoms with van der Waals surface area (Å²) in [4.78, 5) is 35.7. The van der Waals surface area contributed by atoms with Gasteiger partial charge in [-0.15, -0.1) is 0 Å². The lowest BCUT2D eigenvalue weighted by atomic mass is 10.0. The lowest BCUT2D eigenvalue weighted by Crippen LogP contribution is -2.44. The number of benzene rings is 2. The van der Waals surface area contributed by atoms with Gasteiger partial charge in [0.1, 0.15) is 11.7 Å². The topological polar surface area (TPSA) is 134 Å². The Hall–Kier alpha value is -3.85. The van der Waals surface area contributed by atoms with Crippen molar-refractivity contribution in [3.8, 4) is 11.3 Å². The number of rotatable bonds is 7. The summed E-state index contributed by atoms with van der Waals surface area (Å²) in [5, 5.41) is 21.4. The van der Waals surface area contributed by atoms with Gasteiger partial charge in [-0.25, -0.2) is 9.59 Å². The van der Waals surface area contributed by atoms with Crippen molar-refractivity contribution in [2.45, 2.75) is 19.9 Å². The Kier molecular flexibility index (Phi) is 7.11. The standard InChI is InChI=1S/C22H21ClN4O5/c1-12(2)19(21(29)30)26-20(28)18-11-17(27-32-18)13-3-7-15(8-4-13)24-22(31)25-16-9-5-14(23)6-10-16/h3-12,19H,1-2H3,(H,26,28)(H,29,30)(H2,24,25,31)/t19-/m0/s1. The molecule has 166 valence electrons. The van der Waals surface area contributed by atoms with E-state index in [0.29, 0.717) is 27.7 Å². The minimum Gasteiger partial charge on any atom is -0.480 e. The van der Waals surface area contributed by atoms with E-state index in [1.165, 1.54) is 6.07 Å². The molecule has 1 heterocycles. The lowest BCUT2D eigenvalue weighted by Gasteiger charge is -2.16. The highest BCUT2D eigenvalue weighted by Gasteiger charge is 2.25. The first kappa shape index (κ1) is 22.8. The molecule has 3 rings (SSSR count). The second kappa shape index (κ2) is 9.97. The zero-order valence-electron chi connectivity index (χ0n) is 17.3. The van der Waals surface area contributed by atoms with Gasteiger partial charge in [0.15, 0.2) is 0 Å². The lowest BCUT2D eigenvalue weighted by molar-refractivity contribution is -0.140. The maximum absolute atomic E-state index is 12.3. The van der Waals surface area contributed by atoms with E-state index in [4.69, 9.17) is 16.1 Å². The number of aliphatic carboxylic acids is 1. The van der Waals surface area contributed by atoms with Crippen LogP contribution in [-0.2, 0) is 4.79 Å². The number of halogens is 1. The number of amides is 3. The number of aromatic nitrogens is 1. The van der Waals surface area contributed by atoms with Crippen LogP contribution in [0.5, 0.6) is 0 Å². The Bertz CT molecular complexity index is 1110. The Morgan fingerprint density at radius 3 is 2.06 bits per heavy atom. The minimum atomic E-state index is -1.13. The van der Waals surface area contributed by atoms with E-state index in [1.807, 2.05) is 0 Å². The predicted molar refractivity (Wildman–Crippen MR) is 120 cm³/mol. The number of anilines is 2. The van der Waals surface area contributed by atoms with Crippen molar-refractivity contribution < 1.29 is 24.0 Å². The molecule has 32 heavy (non-hydrogen) atoms. The second-order valence-electron chi connectivity index (χ2n) is 7.27. The molecular weight excluding hydrogens is 436 g/mol. The van der Waals surface area contributed by atoms with Crippen LogP contribution in [0.15, 0.2) is 59.1 Å². The minimum absolute atomic E-state index is 0.101. The van der Waals surface area contributed by atoms with Gasteiger partial charge in [0.2, 0.25) is 5.76 Å². The third-order valence-corrected chi connectivity index (χ3v) is 4.75. The van der Waals surface area contributed by atoms with Gasteiger partial charge in [-0.3, -0.25) is 4.79 Å². The fraction of sp³-hybridized carbons (Fsp3) is 0.182. The molecule has 0 aliphatic rings. The molecule has 1 atom stereocenters. The first-order valence-corrected chi connectivity index (χ1v) is 10.0. The number of carboxylic acids is 1. The van der Waals surface area contributed by atoms with E-state index in [0.717, 1.165) is 0 Å². The van der Waals surface area contributed by atoms with Gasteiger partial charge in [-0.2, -0.15) is 0 Å². The first-order valence-electron chi connectivity index (χ1n) is 9.67. The number of carboxylic acid groups (broad SMARTS) is 1. The molecule has 10 heteroatoms. The number of carbonyl (C=O) groups excluding carboxylic acids is 2. The summed E-state index contributed by atoms with van der Waals surface area (Å²) >= 11 is 5.82. The Balaban J connectivity index is 1.62. The molecule has 0 radical (unpaired) electrons. The van der Waals surface area contributed by atoms with Crippen molar-refractivity contribution >= 4 is 40.9 Å². The summed E-state index contributed by atoms with van der Waals surface area (Å²) in [6.07, 6.45) is 0. The van der Waals surface area contributed by atoms with Crippen LogP contribution in [0.2, 0.25) is 5.02 Å². The van der Waals surface area contributed by atoms with Gasteiger partial charge >= 0.3 is 12.0 Å². The fourth-order valence-corrected chi connectivity index (χ4v) is 2.92. The molecule has 0 saturated heterocycles. The van der Waals surface area contributed by atoms with Crippen molar-refractivity contribution in [3.63, 3.8) is 0 Å². The van der Waals surface area contributed by atoms with Crippen LogP contribution >= 0.6 is 11.6 Å². The monoisotopic (exact) mass is 456 g/mol. The van der Waals surface area contributed by atoms with E-state index >= 15 is 0 Å². The summed E-state index contributed by atoms with van der Waals surface area (Å²) < 4.78 is 5.07. The van der Waals surface area contributed by atoms with Crippen molar-refractivity contribution in [3.05, 3.63) is 65.4 Å². The quantitative estimate of drug-likeness (QED) is 0.414. The van der Waals surface area contributed by atoms with Crippen LogP contribution in [0, 0.1) is 5.92 Å². The number of nitrogens with zero attached hydrogens (tertiary/aromatic N) is 1. The largest absolute Gasteiger partial charge is 0.480 e. The average molecular weight is 457 g/mol. The van der Waals surface area contributed by atoms with E-state index in [1.54, 1.807) is 62.4 Å². The molecule has 0 aliphatic carbocycles. The molecule has 3 amide bonds. The molecule has 0 aliphatic heterocycles. The van der Waals surface area contributed by atoms with Crippen molar-refractivity contribution in [1.29, 1.82) is 0 Å². The van der Waals surface area contributed by atoms with Gasteiger partial charge in [-0.1, -0.05) is 42.7 Å². The number of nitrogens with one attached hydrogen (secondary N) is 3. The fourth-order valence-electron chi connectivity index (χ4n) is 2.80. The van der Waals surface area contributed by atoms with Crippen LogP contribution < -0.4 is 16.0 Å². The number of hydrogen-bond donors (Lipinski definition) is 4. The van der Waals surface area contributed by atoms with Crippen LogP contribution in [0.25, 0.3) is 11.3 Å². The molecule has 0 saturated carbocycles. The molecule has 0 fully saturated rings. The summed E-state index contributed by atoms with van der Waals surface area (Å²) in [6, 6.07) is 13.4. The summed E-state index contributed by atoms with van der Waals surface area (Å²) in [7, 11) is 0. The molecule has 0 bridgehead atoms. The molecule has 9 nitrogen and oxygen atoms in total. The molecule has 0 spiro atoms. The third kappa shape index (κ3) is 5.86. The highest BCUT2D eigenvalue weighted by atomic mass is 35.5. The van der Waals surface area contributed by atoms with Crippen LogP contribution in [0.4, 0.5) is 16.2 Å². The van der Waals surface area contributed by atoms with Crippen LogP contribution in [0.3, 0.4) is 0 Å². The van der Waals surface area contributed by atoms with Crippen molar-refractivity contribution in [1.82, 2.24) is 10.5 Å². The van der Waals surface area contributed by atoms with Crippen molar-refractivity contribution in [2.24, 2.45) is 5.92 Å². The average Bonchev–Trinajstić information content (AvgIpc) is 3.24. The third-order valence-electron chi connectivity index (χ3n) is 4.49. The predicted octanol–water partition coefficient (Wildman–Crippen LogP) is 4.48. The van der Waals surface area contributed by atoms with Gasteiger partial charge in [-0.05, 0) is 42.3 Å². The van der Waals surface area contributed by atoms with Crippen LogP contribution in [0.1, 0.15) is 24.4 Å². The molecule has 4 N–H and O–H groups in total. The first-order chi connectivity index (χ1) is 15.2. The SMILES string of the molecule is CC(C)[C@H](NC(=O)c1cc(-c2ccc(NC(=O)Nc3ccc(Cl)cc3)cc2)no1)C(=O)O.